The van der Waals surface area contributed by atoms with E-state index in [0.717, 1.165) is 0 Å². The summed E-state index contributed by atoms with van der Waals surface area (Å²) < 4.78 is 10.3. The van der Waals surface area contributed by atoms with Gasteiger partial charge in [0, 0.05) is 12.1 Å². The number of hydrogen-bond acceptors (Lipinski definition) is 5. The second kappa shape index (κ2) is 6.98. The number of carbonyl (C=O) groups is 1. The zero-order valence-electron chi connectivity index (χ0n) is 12.1. The van der Waals surface area contributed by atoms with E-state index in [1.54, 1.807) is 25.3 Å². The van der Waals surface area contributed by atoms with Crippen LogP contribution in [0.5, 0.6) is 11.5 Å². The molecule has 7 heteroatoms. The fourth-order valence-corrected chi connectivity index (χ4v) is 1.94. The fraction of sp³-hybridized carbons (Fsp3) is 0.500. The van der Waals surface area contributed by atoms with Gasteiger partial charge in [0.25, 0.3) is 0 Å². The van der Waals surface area contributed by atoms with Gasteiger partial charge in [-0.1, -0.05) is 0 Å². The number of benzene rings is 1. The van der Waals surface area contributed by atoms with Gasteiger partial charge in [0.2, 0.25) is 5.91 Å². The van der Waals surface area contributed by atoms with Crippen LogP contribution in [0.2, 0.25) is 0 Å². The molecule has 0 bridgehead atoms. The summed E-state index contributed by atoms with van der Waals surface area (Å²) in [5.74, 6) is 0.934. The van der Waals surface area contributed by atoms with Crippen LogP contribution in [0.15, 0.2) is 18.2 Å². The topological polar surface area (TPSA) is 93.8 Å². The minimum Gasteiger partial charge on any atom is -0.497 e. The number of amides is 1. The Kier molecular flexibility index (Phi) is 5.83. The van der Waals surface area contributed by atoms with Gasteiger partial charge in [-0.25, -0.2) is 0 Å². The lowest BCUT2D eigenvalue weighted by Crippen LogP contribution is -2.44. The third-order valence-electron chi connectivity index (χ3n) is 3.49. The Labute approximate surface area is 130 Å². The van der Waals surface area contributed by atoms with E-state index in [1.165, 1.54) is 7.11 Å². The highest BCUT2D eigenvalue weighted by molar-refractivity contribution is 5.89. The van der Waals surface area contributed by atoms with Crippen LogP contribution in [0.1, 0.15) is 24.5 Å². The maximum atomic E-state index is 11.7. The van der Waals surface area contributed by atoms with Gasteiger partial charge in [-0.05, 0) is 31.0 Å². The molecule has 1 aliphatic rings. The molecule has 6 nitrogen and oxygen atoms in total. The number of rotatable bonds is 6. The molecule has 1 aliphatic carbocycles. The molecule has 0 spiro atoms. The number of methoxy groups -OCH3 is 2. The van der Waals surface area contributed by atoms with Crippen molar-refractivity contribution in [3.05, 3.63) is 23.8 Å². The Morgan fingerprint density at radius 3 is 2.62 bits per heavy atom. The Morgan fingerprint density at radius 1 is 1.43 bits per heavy atom. The molecule has 0 radical (unpaired) electrons. The average Bonchev–Trinajstić information content (AvgIpc) is 3.22. The highest BCUT2D eigenvalue weighted by atomic mass is 35.5. The van der Waals surface area contributed by atoms with Crippen molar-refractivity contribution >= 4 is 18.3 Å². The van der Waals surface area contributed by atoms with Gasteiger partial charge in [0.1, 0.15) is 11.5 Å². The number of ether oxygens (including phenoxy) is 2. The molecule has 1 atom stereocenters. The number of aliphatic hydroxyl groups is 1. The molecule has 21 heavy (non-hydrogen) atoms. The summed E-state index contributed by atoms with van der Waals surface area (Å²) in [6, 6.07) is 5.14. The summed E-state index contributed by atoms with van der Waals surface area (Å²) in [6.07, 6.45) is 0.501. The predicted octanol–water partition coefficient (Wildman–Crippen LogP) is 0.766. The van der Waals surface area contributed by atoms with E-state index in [2.05, 4.69) is 5.32 Å². The minimum absolute atomic E-state index is 0. The van der Waals surface area contributed by atoms with E-state index in [-0.39, 0.29) is 24.9 Å². The molecule has 118 valence electrons. The highest BCUT2D eigenvalue weighted by Gasteiger charge is 2.45. The summed E-state index contributed by atoms with van der Waals surface area (Å²) in [6.45, 7) is 0.0846. The van der Waals surface area contributed by atoms with Crippen LogP contribution < -0.4 is 20.5 Å². The third-order valence-corrected chi connectivity index (χ3v) is 3.49. The van der Waals surface area contributed by atoms with Gasteiger partial charge in [0.05, 0.1) is 25.9 Å². The molecular weight excluding hydrogens is 296 g/mol. The van der Waals surface area contributed by atoms with Gasteiger partial charge in [-0.3, -0.25) is 4.79 Å². The Bertz CT molecular complexity index is 506. The molecule has 1 aromatic rings. The third kappa shape index (κ3) is 4.00. The summed E-state index contributed by atoms with van der Waals surface area (Å²) in [4.78, 5) is 11.7. The molecule has 4 N–H and O–H groups in total. The highest BCUT2D eigenvalue weighted by Crippen LogP contribution is 2.33. The quantitative estimate of drug-likeness (QED) is 0.720. The van der Waals surface area contributed by atoms with Gasteiger partial charge in [0.15, 0.2) is 0 Å². The van der Waals surface area contributed by atoms with E-state index in [1.807, 2.05) is 0 Å². The number of halogens is 1. The van der Waals surface area contributed by atoms with Crippen molar-refractivity contribution in [2.75, 3.05) is 20.8 Å². The SMILES string of the molecule is COc1ccc(OC)c(C(O)CNC(=O)C2(N)CC2)c1.Cl. The number of hydrogen-bond donors (Lipinski definition) is 3. The Balaban J connectivity index is 0.00000220. The molecule has 0 heterocycles. The van der Waals surface area contributed by atoms with Crippen molar-refractivity contribution < 1.29 is 19.4 Å². The van der Waals surface area contributed by atoms with E-state index in [0.29, 0.717) is 29.9 Å². The zero-order chi connectivity index (χ0) is 14.8. The van der Waals surface area contributed by atoms with Crippen molar-refractivity contribution in [2.45, 2.75) is 24.5 Å². The van der Waals surface area contributed by atoms with Crippen molar-refractivity contribution in [3.63, 3.8) is 0 Å². The molecule has 1 saturated carbocycles. The maximum Gasteiger partial charge on any atom is 0.240 e. The maximum absolute atomic E-state index is 11.7. The number of aliphatic hydroxyl groups excluding tert-OH is 1. The summed E-state index contributed by atoms with van der Waals surface area (Å²) >= 11 is 0. The first-order valence-electron chi connectivity index (χ1n) is 6.47. The van der Waals surface area contributed by atoms with Crippen molar-refractivity contribution in [1.82, 2.24) is 5.32 Å². The lowest BCUT2D eigenvalue weighted by atomic mass is 10.1. The Hall–Kier alpha value is -1.50. The monoisotopic (exact) mass is 316 g/mol. The lowest BCUT2D eigenvalue weighted by Gasteiger charge is -2.17. The number of carbonyl (C=O) groups excluding carboxylic acids is 1. The second-order valence-corrected chi connectivity index (χ2v) is 4.99. The van der Waals surface area contributed by atoms with Crippen LogP contribution in [0.25, 0.3) is 0 Å². The van der Waals surface area contributed by atoms with Crippen molar-refractivity contribution in [2.24, 2.45) is 5.73 Å². The van der Waals surface area contributed by atoms with Gasteiger partial charge < -0.3 is 25.6 Å². The summed E-state index contributed by atoms with van der Waals surface area (Å²) in [7, 11) is 3.07. The predicted molar refractivity (Wildman–Crippen MR) is 80.9 cm³/mol. The molecule has 0 aliphatic heterocycles. The fourth-order valence-electron chi connectivity index (χ4n) is 1.94. The molecule has 1 fully saturated rings. The lowest BCUT2D eigenvalue weighted by molar-refractivity contribution is -0.123. The van der Waals surface area contributed by atoms with Crippen LogP contribution in [-0.4, -0.2) is 37.3 Å². The molecular formula is C14H21ClN2O4. The van der Waals surface area contributed by atoms with E-state index < -0.39 is 11.6 Å². The van der Waals surface area contributed by atoms with Crippen LogP contribution in [0, 0.1) is 0 Å². The van der Waals surface area contributed by atoms with E-state index in [9.17, 15) is 9.90 Å². The molecule has 1 amide bonds. The second-order valence-electron chi connectivity index (χ2n) is 4.99. The molecule has 0 saturated heterocycles. The molecule has 1 unspecified atom stereocenters. The van der Waals surface area contributed by atoms with Crippen LogP contribution in [0.4, 0.5) is 0 Å². The first-order valence-corrected chi connectivity index (χ1v) is 6.47. The standard InChI is InChI=1S/C14H20N2O4.ClH/c1-19-9-3-4-12(20-2)10(7-9)11(17)8-16-13(18)14(15)5-6-14;/h3-4,7,11,17H,5-6,8,15H2,1-2H3,(H,16,18);1H. The molecule has 2 rings (SSSR count). The van der Waals surface area contributed by atoms with E-state index in [4.69, 9.17) is 15.2 Å². The zero-order valence-corrected chi connectivity index (χ0v) is 12.9. The van der Waals surface area contributed by atoms with Crippen LogP contribution in [0.3, 0.4) is 0 Å². The normalized spacial score (nSPS) is 16.4. The van der Waals surface area contributed by atoms with Gasteiger partial charge in [-0.2, -0.15) is 0 Å². The minimum atomic E-state index is -0.883. The van der Waals surface area contributed by atoms with Gasteiger partial charge >= 0.3 is 0 Å². The Morgan fingerprint density at radius 2 is 2.10 bits per heavy atom. The van der Waals surface area contributed by atoms with Crippen LogP contribution >= 0.6 is 12.4 Å². The number of nitrogens with two attached hydrogens (primary N) is 1. The summed E-state index contributed by atoms with van der Waals surface area (Å²) in [5, 5.41) is 12.9. The van der Waals surface area contributed by atoms with E-state index >= 15 is 0 Å². The summed E-state index contributed by atoms with van der Waals surface area (Å²) in [5.41, 5.74) is 5.60. The van der Waals surface area contributed by atoms with Crippen molar-refractivity contribution in [1.29, 1.82) is 0 Å². The average molecular weight is 317 g/mol. The van der Waals surface area contributed by atoms with Gasteiger partial charge in [-0.15, -0.1) is 12.4 Å². The molecule has 0 aromatic heterocycles. The number of nitrogens with one attached hydrogen (secondary N) is 1. The largest absolute Gasteiger partial charge is 0.497 e. The smallest absolute Gasteiger partial charge is 0.240 e. The first kappa shape index (κ1) is 17.6. The van der Waals surface area contributed by atoms with Crippen LogP contribution in [-0.2, 0) is 4.79 Å². The molecule has 1 aromatic carbocycles. The first-order chi connectivity index (χ1) is 9.50. The van der Waals surface area contributed by atoms with Crippen molar-refractivity contribution in [3.8, 4) is 11.5 Å².